The normalized spacial score (nSPS) is 14.1. The molecule has 3 rings (SSSR count). The number of amides is 3. The van der Waals surface area contributed by atoms with E-state index in [1.54, 1.807) is 4.90 Å². The number of carbonyl (C=O) groups is 2. The number of ether oxygens (including phenoxy) is 1. The van der Waals surface area contributed by atoms with Gasteiger partial charge in [-0.2, -0.15) is 0 Å². The largest absolute Gasteiger partial charge is 0.494 e. The molecule has 0 unspecified atom stereocenters. The number of nitrogens with one attached hydrogen (secondary N) is 2. The van der Waals surface area contributed by atoms with Crippen LogP contribution in [0, 0.1) is 0 Å². The SMILES string of the molecule is CCCOc1cccc(CNC(=O)N2CCN(CC(=O)Nc3ccccc3CC)CC2)c1. The molecule has 1 fully saturated rings. The minimum absolute atomic E-state index is 0.0195. The zero-order valence-corrected chi connectivity index (χ0v) is 19.1. The summed E-state index contributed by atoms with van der Waals surface area (Å²) >= 11 is 0. The number of hydrogen-bond donors (Lipinski definition) is 2. The maximum absolute atomic E-state index is 12.6. The van der Waals surface area contributed by atoms with E-state index in [1.165, 1.54) is 0 Å². The fourth-order valence-electron chi connectivity index (χ4n) is 3.71. The molecule has 2 N–H and O–H groups in total. The van der Waals surface area contributed by atoms with E-state index in [-0.39, 0.29) is 11.9 Å². The molecule has 0 radical (unpaired) electrons. The van der Waals surface area contributed by atoms with E-state index in [4.69, 9.17) is 4.74 Å². The standard InChI is InChI=1S/C25H34N4O3/c1-3-16-32-22-10-7-8-20(17-22)18-26-25(31)29-14-12-28(13-15-29)19-24(30)27-23-11-6-5-9-21(23)4-2/h5-11,17H,3-4,12-16,18-19H2,1-2H3,(H,26,31)(H,27,30). The van der Waals surface area contributed by atoms with Crippen LogP contribution in [0.2, 0.25) is 0 Å². The molecule has 0 aliphatic carbocycles. The average molecular weight is 439 g/mol. The predicted molar refractivity (Wildman–Crippen MR) is 127 cm³/mol. The van der Waals surface area contributed by atoms with Crippen LogP contribution in [-0.2, 0) is 17.8 Å². The van der Waals surface area contributed by atoms with Crippen LogP contribution in [0.4, 0.5) is 10.5 Å². The maximum atomic E-state index is 12.6. The monoisotopic (exact) mass is 438 g/mol. The third-order valence-electron chi connectivity index (χ3n) is 5.51. The zero-order valence-electron chi connectivity index (χ0n) is 19.1. The van der Waals surface area contributed by atoms with Gasteiger partial charge >= 0.3 is 6.03 Å². The van der Waals surface area contributed by atoms with Gasteiger partial charge in [-0.1, -0.05) is 44.2 Å². The van der Waals surface area contributed by atoms with E-state index >= 15 is 0 Å². The Labute approximate surface area is 190 Å². The number of anilines is 1. The van der Waals surface area contributed by atoms with E-state index in [0.29, 0.717) is 45.9 Å². The minimum atomic E-state index is -0.0779. The van der Waals surface area contributed by atoms with Crippen LogP contribution in [0.15, 0.2) is 48.5 Å². The number of urea groups is 1. The summed E-state index contributed by atoms with van der Waals surface area (Å²) < 4.78 is 5.65. The fourth-order valence-corrected chi connectivity index (χ4v) is 3.71. The Morgan fingerprint density at radius 2 is 1.78 bits per heavy atom. The highest BCUT2D eigenvalue weighted by molar-refractivity contribution is 5.93. The van der Waals surface area contributed by atoms with Crippen LogP contribution >= 0.6 is 0 Å². The van der Waals surface area contributed by atoms with Crippen molar-refractivity contribution >= 4 is 17.6 Å². The number of aryl methyl sites for hydroxylation is 1. The Hall–Kier alpha value is -3.06. The van der Waals surface area contributed by atoms with Crippen molar-refractivity contribution in [3.05, 3.63) is 59.7 Å². The van der Waals surface area contributed by atoms with Gasteiger partial charge in [-0.15, -0.1) is 0 Å². The molecule has 7 nitrogen and oxygen atoms in total. The number of piperazine rings is 1. The third-order valence-corrected chi connectivity index (χ3v) is 5.51. The molecule has 0 aromatic heterocycles. The Morgan fingerprint density at radius 3 is 2.53 bits per heavy atom. The molecular formula is C25H34N4O3. The average Bonchev–Trinajstić information content (AvgIpc) is 2.82. The summed E-state index contributed by atoms with van der Waals surface area (Å²) in [5.74, 6) is 0.807. The van der Waals surface area contributed by atoms with Gasteiger partial charge in [-0.05, 0) is 42.2 Å². The molecule has 1 aliphatic rings. The summed E-state index contributed by atoms with van der Waals surface area (Å²) in [5.41, 5.74) is 3.02. The van der Waals surface area contributed by atoms with Gasteiger partial charge in [0.2, 0.25) is 5.91 Å². The molecule has 0 spiro atoms. The summed E-state index contributed by atoms with van der Waals surface area (Å²) in [6.45, 7) is 8.18. The van der Waals surface area contributed by atoms with Crippen molar-refractivity contribution in [3.63, 3.8) is 0 Å². The molecule has 2 aromatic carbocycles. The van der Waals surface area contributed by atoms with Gasteiger partial charge in [-0.25, -0.2) is 4.79 Å². The van der Waals surface area contributed by atoms with Crippen molar-refractivity contribution in [1.29, 1.82) is 0 Å². The van der Waals surface area contributed by atoms with E-state index in [0.717, 1.165) is 35.4 Å². The Balaban J connectivity index is 1.40. The molecule has 0 saturated carbocycles. The van der Waals surface area contributed by atoms with Gasteiger partial charge in [0.1, 0.15) is 5.75 Å². The van der Waals surface area contributed by atoms with Gasteiger partial charge in [0.25, 0.3) is 0 Å². The summed E-state index contributed by atoms with van der Waals surface area (Å²) in [7, 11) is 0. The van der Waals surface area contributed by atoms with Gasteiger partial charge in [0, 0.05) is 38.4 Å². The summed E-state index contributed by atoms with van der Waals surface area (Å²) in [4.78, 5) is 28.9. The highest BCUT2D eigenvalue weighted by atomic mass is 16.5. The number of nitrogens with zero attached hydrogens (tertiary/aromatic N) is 2. The first-order valence-electron chi connectivity index (χ1n) is 11.4. The number of carbonyl (C=O) groups excluding carboxylic acids is 2. The summed E-state index contributed by atoms with van der Waals surface area (Å²) in [6.07, 6.45) is 1.83. The second-order valence-corrected chi connectivity index (χ2v) is 7.98. The van der Waals surface area contributed by atoms with E-state index in [2.05, 4.69) is 29.4 Å². The van der Waals surface area contributed by atoms with Crippen molar-refractivity contribution in [2.45, 2.75) is 33.2 Å². The van der Waals surface area contributed by atoms with Gasteiger partial charge in [-0.3, -0.25) is 9.69 Å². The van der Waals surface area contributed by atoms with Gasteiger partial charge in [0.05, 0.1) is 13.2 Å². The molecule has 0 atom stereocenters. The first-order valence-corrected chi connectivity index (χ1v) is 11.4. The summed E-state index contributed by atoms with van der Waals surface area (Å²) in [6, 6.07) is 15.6. The molecule has 1 saturated heterocycles. The molecule has 32 heavy (non-hydrogen) atoms. The number of rotatable bonds is 9. The van der Waals surface area contributed by atoms with Gasteiger partial charge < -0.3 is 20.3 Å². The first kappa shape index (κ1) is 23.6. The lowest BCUT2D eigenvalue weighted by Gasteiger charge is -2.34. The molecule has 3 amide bonds. The van der Waals surface area contributed by atoms with Crippen LogP contribution in [0.5, 0.6) is 5.75 Å². The van der Waals surface area contributed by atoms with Crippen molar-refractivity contribution < 1.29 is 14.3 Å². The Kier molecular flexibility index (Phi) is 8.92. The minimum Gasteiger partial charge on any atom is -0.494 e. The topological polar surface area (TPSA) is 73.9 Å². The molecule has 1 heterocycles. The second-order valence-electron chi connectivity index (χ2n) is 7.98. The Bertz CT molecular complexity index is 894. The van der Waals surface area contributed by atoms with Crippen molar-refractivity contribution in [2.75, 3.05) is 44.6 Å². The molecule has 1 aliphatic heterocycles. The molecular weight excluding hydrogens is 404 g/mol. The number of hydrogen-bond acceptors (Lipinski definition) is 4. The maximum Gasteiger partial charge on any atom is 0.317 e. The lowest BCUT2D eigenvalue weighted by molar-refractivity contribution is -0.117. The van der Waals surface area contributed by atoms with Gasteiger partial charge in [0.15, 0.2) is 0 Å². The van der Waals surface area contributed by atoms with E-state index in [1.807, 2.05) is 48.5 Å². The second kappa shape index (κ2) is 12.1. The Morgan fingerprint density at radius 1 is 1.00 bits per heavy atom. The lowest BCUT2D eigenvalue weighted by atomic mass is 10.1. The molecule has 7 heteroatoms. The smallest absolute Gasteiger partial charge is 0.317 e. The third kappa shape index (κ3) is 6.99. The van der Waals surface area contributed by atoms with Crippen LogP contribution < -0.4 is 15.4 Å². The summed E-state index contributed by atoms with van der Waals surface area (Å²) in [5, 5.41) is 6.00. The van der Waals surface area contributed by atoms with Crippen LogP contribution in [0.25, 0.3) is 0 Å². The van der Waals surface area contributed by atoms with Crippen LogP contribution in [0.1, 0.15) is 31.4 Å². The number of para-hydroxylation sites is 1. The molecule has 0 bridgehead atoms. The van der Waals surface area contributed by atoms with Crippen molar-refractivity contribution in [1.82, 2.24) is 15.1 Å². The first-order chi connectivity index (χ1) is 15.6. The van der Waals surface area contributed by atoms with Crippen LogP contribution in [0.3, 0.4) is 0 Å². The van der Waals surface area contributed by atoms with Crippen molar-refractivity contribution in [3.8, 4) is 5.75 Å². The molecule has 2 aromatic rings. The zero-order chi connectivity index (χ0) is 22.8. The highest BCUT2D eigenvalue weighted by Crippen LogP contribution is 2.16. The van der Waals surface area contributed by atoms with E-state index < -0.39 is 0 Å². The van der Waals surface area contributed by atoms with E-state index in [9.17, 15) is 9.59 Å². The predicted octanol–water partition coefficient (Wildman–Crippen LogP) is 3.50. The highest BCUT2D eigenvalue weighted by Gasteiger charge is 2.22. The van der Waals surface area contributed by atoms with Crippen LogP contribution in [-0.4, -0.2) is 61.1 Å². The lowest BCUT2D eigenvalue weighted by Crippen LogP contribution is -2.52. The molecule has 172 valence electrons. The quantitative estimate of drug-likeness (QED) is 0.628. The number of benzene rings is 2. The van der Waals surface area contributed by atoms with Crippen molar-refractivity contribution in [2.24, 2.45) is 0 Å². The fraction of sp³-hybridized carbons (Fsp3) is 0.440.